The summed E-state index contributed by atoms with van der Waals surface area (Å²) >= 11 is 0. The van der Waals surface area contributed by atoms with Crippen LogP contribution in [0.4, 0.5) is 0 Å². The largest absolute Gasteiger partial charge is 0.366 e. The number of nitrogens with one attached hydrogen (secondary N) is 1. The molecule has 0 spiro atoms. The first-order valence-electron chi connectivity index (χ1n) is 5.25. The molecule has 0 saturated heterocycles. The van der Waals surface area contributed by atoms with Crippen molar-refractivity contribution in [2.45, 2.75) is 13.1 Å². The number of hydrogen-bond donors (Lipinski definition) is 2. The second-order valence-electron chi connectivity index (χ2n) is 3.64. The lowest BCUT2D eigenvalue weighted by Crippen LogP contribution is -2.13. The maximum Gasteiger partial charge on any atom is 0.248 e. The summed E-state index contributed by atoms with van der Waals surface area (Å²) in [4.78, 5) is 10.9. The predicted molar refractivity (Wildman–Crippen MR) is 62.0 cm³/mol. The van der Waals surface area contributed by atoms with Crippen LogP contribution in [-0.2, 0) is 13.1 Å². The number of nitrogens with zero attached hydrogens (tertiary/aromatic N) is 1. The molecule has 0 aliphatic rings. The second-order valence-corrected chi connectivity index (χ2v) is 3.64. The molecule has 1 amide bonds. The molecule has 0 unspecified atom stereocenters. The van der Waals surface area contributed by atoms with Gasteiger partial charge in [-0.1, -0.05) is 17.3 Å². The molecule has 5 heteroatoms. The Kier molecular flexibility index (Phi) is 3.52. The molecule has 3 N–H and O–H groups in total. The van der Waals surface area contributed by atoms with E-state index in [0.29, 0.717) is 18.7 Å². The van der Waals surface area contributed by atoms with Crippen LogP contribution in [0.25, 0.3) is 0 Å². The van der Waals surface area contributed by atoms with Crippen molar-refractivity contribution in [3.63, 3.8) is 0 Å². The van der Waals surface area contributed by atoms with Crippen molar-refractivity contribution in [3.8, 4) is 0 Å². The molecule has 0 atom stereocenters. The van der Waals surface area contributed by atoms with Gasteiger partial charge in [0.05, 0.1) is 12.7 Å². The molecular weight excluding hydrogens is 218 g/mol. The monoisotopic (exact) mass is 231 g/mol. The molecule has 1 aromatic carbocycles. The van der Waals surface area contributed by atoms with Gasteiger partial charge in [-0.25, -0.2) is 0 Å². The van der Waals surface area contributed by atoms with Crippen molar-refractivity contribution in [1.82, 2.24) is 10.5 Å². The molecule has 5 nitrogen and oxygen atoms in total. The standard InChI is InChI=1S/C12H13N3O2/c13-12(16)10-3-1-9(2-4-10)7-14-8-11-5-6-15-17-11/h1-6,14H,7-8H2,(H2,13,16). The molecular formula is C12H13N3O2. The highest BCUT2D eigenvalue weighted by molar-refractivity contribution is 5.92. The maximum atomic E-state index is 10.9. The summed E-state index contributed by atoms with van der Waals surface area (Å²) in [6.07, 6.45) is 1.61. The van der Waals surface area contributed by atoms with Crippen LogP contribution in [0.15, 0.2) is 41.1 Å². The maximum absolute atomic E-state index is 10.9. The van der Waals surface area contributed by atoms with Crippen LogP contribution in [0.1, 0.15) is 21.7 Å². The van der Waals surface area contributed by atoms with Crippen LogP contribution >= 0.6 is 0 Å². The zero-order valence-corrected chi connectivity index (χ0v) is 9.22. The molecule has 0 fully saturated rings. The summed E-state index contributed by atoms with van der Waals surface area (Å²) in [6, 6.07) is 8.98. The highest BCUT2D eigenvalue weighted by Crippen LogP contribution is 2.04. The number of carbonyl (C=O) groups is 1. The molecule has 2 aromatic rings. The van der Waals surface area contributed by atoms with E-state index in [9.17, 15) is 4.79 Å². The molecule has 0 saturated carbocycles. The summed E-state index contributed by atoms with van der Waals surface area (Å²) in [7, 11) is 0. The molecule has 0 aliphatic carbocycles. The van der Waals surface area contributed by atoms with E-state index in [1.807, 2.05) is 18.2 Å². The Labute approximate surface area is 98.6 Å². The van der Waals surface area contributed by atoms with Crippen molar-refractivity contribution >= 4 is 5.91 Å². The lowest BCUT2D eigenvalue weighted by molar-refractivity contribution is 0.100. The Bertz CT molecular complexity index is 477. The van der Waals surface area contributed by atoms with Crippen molar-refractivity contribution < 1.29 is 9.32 Å². The lowest BCUT2D eigenvalue weighted by atomic mass is 10.1. The predicted octanol–water partition coefficient (Wildman–Crippen LogP) is 1.06. The van der Waals surface area contributed by atoms with Crippen molar-refractivity contribution in [3.05, 3.63) is 53.4 Å². The minimum atomic E-state index is -0.411. The molecule has 0 radical (unpaired) electrons. The summed E-state index contributed by atoms with van der Waals surface area (Å²) in [5.74, 6) is 0.380. The first kappa shape index (κ1) is 11.3. The highest BCUT2D eigenvalue weighted by Gasteiger charge is 2.00. The van der Waals surface area contributed by atoms with E-state index in [2.05, 4.69) is 10.5 Å². The molecule has 1 aromatic heterocycles. The number of carbonyl (C=O) groups excluding carboxylic acids is 1. The number of hydrogen-bond acceptors (Lipinski definition) is 4. The smallest absolute Gasteiger partial charge is 0.248 e. The number of aromatic nitrogens is 1. The highest BCUT2D eigenvalue weighted by atomic mass is 16.5. The number of nitrogens with two attached hydrogens (primary N) is 1. The molecule has 17 heavy (non-hydrogen) atoms. The number of benzene rings is 1. The molecule has 2 rings (SSSR count). The fourth-order valence-electron chi connectivity index (χ4n) is 1.45. The van der Waals surface area contributed by atoms with Gasteiger partial charge in [0.2, 0.25) is 5.91 Å². The van der Waals surface area contributed by atoms with Crippen molar-refractivity contribution in [2.24, 2.45) is 5.73 Å². The van der Waals surface area contributed by atoms with Gasteiger partial charge < -0.3 is 15.6 Å². The third-order valence-corrected chi connectivity index (χ3v) is 2.36. The third-order valence-electron chi connectivity index (χ3n) is 2.36. The first-order chi connectivity index (χ1) is 8.25. The van der Waals surface area contributed by atoms with E-state index in [0.717, 1.165) is 11.3 Å². The third kappa shape index (κ3) is 3.15. The molecule has 1 heterocycles. The lowest BCUT2D eigenvalue weighted by Gasteiger charge is -2.03. The normalized spacial score (nSPS) is 10.4. The van der Waals surface area contributed by atoms with Crippen LogP contribution in [0.3, 0.4) is 0 Å². The average Bonchev–Trinajstić information content (AvgIpc) is 2.83. The van der Waals surface area contributed by atoms with E-state index in [-0.39, 0.29) is 0 Å². The SMILES string of the molecule is NC(=O)c1ccc(CNCc2ccno2)cc1. The quantitative estimate of drug-likeness (QED) is 0.806. The van der Waals surface area contributed by atoms with Gasteiger partial charge in [0.1, 0.15) is 5.76 Å². The van der Waals surface area contributed by atoms with E-state index in [1.54, 1.807) is 18.3 Å². The van der Waals surface area contributed by atoms with Gasteiger partial charge in [0.25, 0.3) is 0 Å². The van der Waals surface area contributed by atoms with E-state index < -0.39 is 5.91 Å². The zero-order chi connectivity index (χ0) is 12.1. The Morgan fingerprint density at radius 3 is 2.59 bits per heavy atom. The van der Waals surface area contributed by atoms with Crippen LogP contribution in [0.2, 0.25) is 0 Å². The first-order valence-corrected chi connectivity index (χ1v) is 5.25. The Hall–Kier alpha value is -2.14. The van der Waals surface area contributed by atoms with E-state index in [1.165, 1.54) is 0 Å². The fraction of sp³-hybridized carbons (Fsp3) is 0.167. The van der Waals surface area contributed by atoms with Gasteiger partial charge in [0.15, 0.2) is 0 Å². The minimum absolute atomic E-state index is 0.411. The van der Waals surface area contributed by atoms with E-state index >= 15 is 0 Å². The van der Waals surface area contributed by atoms with Gasteiger partial charge in [-0.2, -0.15) is 0 Å². The summed E-state index contributed by atoms with van der Waals surface area (Å²) in [6.45, 7) is 1.32. The van der Waals surface area contributed by atoms with Gasteiger partial charge in [-0.05, 0) is 17.7 Å². The Morgan fingerprint density at radius 1 is 1.24 bits per heavy atom. The summed E-state index contributed by atoms with van der Waals surface area (Å²) in [5.41, 5.74) is 6.75. The summed E-state index contributed by atoms with van der Waals surface area (Å²) < 4.78 is 4.95. The molecule has 88 valence electrons. The van der Waals surface area contributed by atoms with Crippen LogP contribution in [0, 0.1) is 0 Å². The van der Waals surface area contributed by atoms with Gasteiger partial charge in [0, 0.05) is 18.2 Å². The molecule has 0 aliphatic heterocycles. The van der Waals surface area contributed by atoms with Gasteiger partial charge in [-0.3, -0.25) is 4.79 Å². The van der Waals surface area contributed by atoms with Crippen molar-refractivity contribution in [1.29, 1.82) is 0 Å². The average molecular weight is 231 g/mol. The minimum Gasteiger partial charge on any atom is -0.366 e. The number of amides is 1. The molecule has 0 bridgehead atoms. The topological polar surface area (TPSA) is 81.2 Å². The Morgan fingerprint density at radius 2 is 2.00 bits per heavy atom. The second kappa shape index (κ2) is 5.27. The Balaban J connectivity index is 1.85. The zero-order valence-electron chi connectivity index (χ0n) is 9.22. The number of rotatable bonds is 5. The fourth-order valence-corrected chi connectivity index (χ4v) is 1.45. The van der Waals surface area contributed by atoms with Gasteiger partial charge in [-0.15, -0.1) is 0 Å². The van der Waals surface area contributed by atoms with Crippen LogP contribution in [-0.4, -0.2) is 11.1 Å². The number of primary amides is 1. The van der Waals surface area contributed by atoms with Gasteiger partial charge >= 0.3 is 0 Å². The van der Waals surface area contributed by atoms with Crippen LogP contribution in [0.5, 0.6) is 0 Å². The van der Waals surface area contributed by atoms with E-state index in [4.69, 9.17) is 10.3 Å². The van der Waals surface area contributed by atoms with Crippen molar-refractivity contribution in [2.75, 3.05) is 0 Å². The van der Waals surface area contributed by atoms with Crippen LogP contribution < -0.4 is 11.1 Å². The summed E-state index contributed by atoms with van der Waals surface area (Å²) in [5, 5.41) is 6.82.